The average molecular weight is 161 g/mol. The van der Waals surface area contributed by atoms with E-state index in [1.54, 1.807) is 0 Å². The zero-order valence-electron chi connectivity index (χ0n) is 6.33. The van der Waals surface area contributed by atoms with E-state index in [2.05, 4.69) is 0 Å². The Morgan fingerprint density at radius 2 is 1.91 bits per heavy atom. The fourth-order valence-electron chi connectivity index (χ4n) is 1.48. The van der Waals surface area contributed by atoms with Gasteiger partial charge in [-0.1, -0.05) is 12.8 Å². The summed E-state index contributed by atoms with van der Waals surface area (Å²) in [5, 5.41) is 10.3. The lowest BCUT2D eigenvalue weighted by atomic mass is 10.1. The molecule has 1 aliphatic carbocycles. The fraction of sp³-hybridized carbons (Fsp3) is 1.00. The van der Waals surface area contributed by atoms with Crippen LogP contribution in [0.2, 0.25) is 0 Å². The standard InChI is InChI=1S/C7H12FNO2/c8-6-4-2-1-3-5-7(6)9(10)11/h6-7H,1-5H2. The largest absolute Gasteiger partial charge is 0.264 e. The molecule has 4 heteroatoms. The van der Waals surface area contributed by atoms with Crippen molar-refractivity contribution in [2.45, 2.75) is 44.3 Å². The molecular weight excluding hydrogens is 149 g/mol. The summed E-state index contributed by atoms with van der Waals surface area (Å²) in [6.07, 6.45) is 2.09. The van der Waals surface area contributed by atoms with Crippen molar-refractivity contribution in [3.8, 4) is 0 Å². The zero-order valence-corrected chi connectivity index (χ0v) is 6.33. The van der Waals surface area contributed by atoms with Gasteiger partial charge in [0.15, 0.2) is 6.17 Å². The molecule has 0 spiro atoms. The van der Waals surface area contributed by atoms with E-state index < -0.39 is 17.1 Å². The SMILES string of the molecule is O=[N+]([O-])C1CCCCCC1F. The first kappa shape index (κ1) is 8.43. The van der Waals surface area contributed by atoms with Crippen LogP contribution in [0, 0.1) is 10.1 Å². The Kier molecular flexibility index (Phi) is 2.79. The number of halogens is 1. The number of hydrogen-bond donors (Lipinski definition) is 0. The number of rotatable bonds is 1. The van der Waals surface area contributed by atoms with Gasteiger partial charge >= 0.3 is 0 Å². The minimum atomic E-state index is -1.22. The van der Waals surface area contributed by atoms with Crippen molar-refractivity contribution in [2.75, 3.05) is 0 Å². The van der Waals surface area contributed by atoms with Crippen LogP contribution < -0.4 is 0 Å². The van der Waals surface area contributed by atoms with Crippen LogP contribution in [0.5, 0.6) is 0 Å². The topological polar surface area (TPSA) is 43.1 Å². The van der Waals surface area contributed by atoms with Crippen LogP contribution in [0.1, 0.15) is 32.1 Å². The van der Waals surface area contributed by atoms with Gasteiger partial charge in [0.05, 0.1) is 0 Å². The van der Waals surface area contributed by atoms with Crippen molar-refractivity contribution >= 4 is 0 Å². The Labute approximate surface area is 64.7 Å². The lowest BCUT2D eigenvalue weighted by Crippen LogP contribution is -2.29. The summed E-state index contributed by atoms with van der Waals surface area (Å²) in [7, 11) is 0. The number of nitro groups is 1. The number of nitrogens with zero attached hydrogens (tertiary/aromatic N) is 1. The van der Waals surface area contributed by atoms with Crippen LogP contribution in [0.25, 0.3) is 0 Å². The Hall–Kier alpha value is -0.670. The summed E-state index contributed by atoms with van der Waals surface area (Å²) in [4.78, 5) is 9.81. The van der Waals surface area contributed by atoms with E-state index in [1.165, 1.54) is 0 Å². The molecular formula is C7H12FNO2. The first-order valence-corrected chi connectivity index (χ1v) is 3.99. The van der Waals surface area contributed by atoms with Crippen LogP contribution in [0.15, 0.2) is 0 Å². The second kappa shape index (κ2) is 3.64. The Balaban J connectivity index is 2.52. The molecule has 3 nitrogen and oxygen atoms in total. The average Bonchev–Trinajstić information content (AvgIpc) is 2.13. The lowest BCUT2D eigenvalue weighted by Gasteiger charge is -2.08. The molecule has 0 aromatic rings. The molecule has 0 aromatic heterocycles. The molecule has 0 aliphatic heterocycles. The molecule has 0 saturated heterocycles. The van der Waals surface area contributed by atoms with Crippen molar-refractivity contribution in [1.82, 2.24) is 0 Å². The Bertz CT molecular complexity index is 151. The summed E-state index contributed by atoms with van der Waals surface area (Å²) in [6.45, 7) is 0. The molecule has 2 atom stereocenters. The highest BCUT2D eigenvalue weighted by atomic mass is 19.1. The first-order valence-electron chi connectivity index (χ1n) is 3.99. The van der Waals surface area contributed by atoms with Crippen LogP contribution in [0.4, 0.5) is 4.39 Å². The number of alkyl halides is 1. The zero-order chi connectivity index (χ0) is 8.27. The third-order valence-corrected chi connectivity index (χ3v) is 2.17. The van der Waals surface area contributed by atoms with E-state index in [4.69, 9.17) is 0 Å². The molecule has 0 N–H and O–H groups in total. The summed E-state index contributed by atoms with van der Waals surface area (Å²) >= 11 is 0. The molecule has 1 fully saturated rings. The maximum Gasteiger partial charge on any atom is 0.243 e. The van der Waals surface area contributed by atoms with Crippen LogP contribution in [0.3, 0.4) is 0 Å². The van der Waals surface area contributed by atoms with E-state index in [1.807, 2.05) is 0 Å². The van der Waals surface area contributed by atoms with Crippen LogP contribution in [-0.2, 0) is 0 Å². The van der Waals surface area contributed by atoms with Gasteiger partial charge in [-0.15, -0.1) is 0 Å². The molecule has 0 heterocycles. The molecule has 0 bridgehead atoms. The predicted molar refractivity (Wildman–Crippen MR) is 38.8 cm³/mol. The highest BCUT2D eigenvalue weighted by Gasteiger charge is 2.32. The van der Waals surface area contributed by atoms with Crippen LogP contribution >= 0.6 is 0 Å². The predicted octanol–water partition coefficient (Wildman–Crippen LogP) is 1.93. The smallest absolute Gasteiger partial charge is 0.243 e. The molecule has 0 aromatic carbocycles. The van der Waals surface area contributed by atoms with Gasteiger partial charge in [0.25, 0.3) is 0 Å². The summed E-state index contributed by atoms with van der Waals surface area (Å²) < 4.78 is 12.9. The maximum absolute atomic E-state index is 12.9. The van der Waals surface area contributed by atoms with Crippen LogP contribution in [-0.4, -0.2) is 17.1 Å². The Morgan fingerprint density at radius 3 is 2.55 bits per heavy atom. The second-order valence-corrected chi connectivity index (χ2v) is 3.01. The van der Waals surface area contributed by atoms with E-state index in [9.17, 15) is 14.5 Å². The van der Waals surface area contributed by atoms with Gasteiger partial charge in [-0.05, 0) is 12.8 Å². The fourth-order valence-corrected chi connectivity index (χ4v) is 1.48. The monoisotopic (exact) mass is 161 g/mol. The van der Waals surface area contributed by atoms with Gasteiger partial charge in [0, 0.05) is 11.3 Å². The van der Waals surface area contributed by atoms with E-state index in [0.717, 1.165) is 19.3 Å². The Morgan fingerprint density at radius 1 is 1.27 bits per heavy atom. The molecule has 0 radical (unpaired) electrons. The van der Waals surface area contributed by atoms with Crippen molar-refractivity contribution in [3.05, 3.63) is 10.1 Å². The number of hydrogen-bond acceptors (Lipinski definition) is 2. The van der Waals surface area contributed by atoms with Gasteiger partial charge in [-0.25, -0.2) is 4.39 Å². The van der Waals surface area contributed by atoms with Gasteiger partial charge in [-0.3, -0.25) is 10.1 Å². The van der Waals surface area contributed by atoms with Gasteiger partial charge < -0.3 is 0 Å². The first-order chi connectivity index (χ1) is 5.22. The normalized spacial score (nSPS) is 32.8. The quantitative estimate of drug-likeness (QED) is 0.335. The molecule has 11 heavy (non-hydrogen) atoms. The molecule has 64 valence electrons. The minimum Gasteiger partial charge on any atom is -0.264 e. The summed E-state index contributed by atoms with van der Waals surface area (Å²) in [5.74, 6) is 0. The maximum atomic E-state index is 12.9. The third-order valence-electron chi connectivity index (χ3n) is 2.17. The molecule has 1 aliphatic rings. The van der Waals surface area contributed by atoms with Crippen molar-refractivity contribution in [3.63, 3.8) is 0 Å². The summed E-state index contributed by atoms with van der Waals surface area (Å²) in [6, 6.07) is -0.933. The molecule has 1 saturated carbocycles. The van der Waals surface area contributed by atoms with Gasteiger partial charge in [-0.2, -0.15) is 0 Å². The highest BCUT2D eigenvalue weighted by molar-refractivity contribution is 4.72. The van der Waals surface area contributed by atoms with E-state index in [0.29, 0.717) is 12.8 Å². The molecule has 2 unspecified atom stereocenters. The van der Waals surface area contributed by atoms with Crippen molar-refractivity contribution in [1.29, 1.82) is 0 Å². The van der Waals surface area contributed by atoms with Crippen molar-refractivity contribution < 1.29 is 9.31 Å². The van der Waals surface area contributed by atoms with Crippen molar-refractivity contribution in [2.24, 2.45) is 0 Å². The second-order valence-electron chi connectivity index (χ2n) is 3.01. The molecule has 0 amide bonds. The van der Waals surface area contributed by atoms with Gasteiger partial charge in [0.2, 0.25) is 6.04 Å². The van der Waals surface area contributed by atoms with E-state index in [-0.39, 0.29) is 0 Å². The third kappa shape index (κ3) is 2.13. The lowest BCUT2D eigenvalue weighted by molar-refractivity contribution is -0.531. The summed E-state index contributed by atoms with van der Waals surface area (Å²) in [5.41, 5.74) is 0. The highest BCUT2D eigenvalue weighted by Crippen LogP contribution is 2.22. The van der Waals surface area contributed by atoms with Gasteiger partial charge in [0.1, 0.15) is 0 Å². The van der Waals surface area contributed by atoms with E-state index >= 15 is 0 Å². The minimum absolute atomic E-state index is 0.367. The molecule has 1 rings (SSSR count).